The van der Waals surface area contributed by atoms with Crippen molar-refractivity contribution < 1.29 is 9.53 Å². The van der Waals surface area contributed by atoms with Crippen molar-refractivity contribution in [3.05, 3.63) is 35.9 Å². The standard InChI is InChI=1S/C20H31N3O2/c21-18(15-17-7-3-1-4-8-17)19(24)22-16-20(9-13-25-14-10-20)23-11-5-2-6-12-23/h1,3-4,7-8,18H,2,5-6,9-16,21H2,(H,22,24). The van der Waals surface area contributed by atoms with Crippen molar-refractivity contribution in [1.82, 2.24) is 10.2 Å². The van der Waals surface area contributed by atoms with Crippen molar-refractivity contribution in [1.29, 1.82) is 0 Å². The lowest BCUT2D eigenvalue weighted by molar-refractivity contribution is -0.123. The van der Waals surface area contributed by atoms with Crippen molar-refractivity contribution in [2.45, 2.75) is 50.1 Å². The average Bonchev–Trinajstić information content (AvgIpc) is 2.68. The fourth-order valence-electron chi connectivity index (χ4n) is 4.07. The summed E-state index contributed by atoms with van der Waals surface area (Å²) in [6.45, 7) is 4.50. The van der Waals surface area contributed by atoms with Gasteiger partial charge in [-0.15, -0.1) is 0 Å². The van der Waals surface area contributed by atoms with Crippen molar-refractivity contribution in [3.8, 4) is 0 Å². The van der Waals surface area contributed by atoms with E-state index in [1.165, 1.54) is 19.3 Å². The number of ether oxygens (including phenoxy) is 1. The van der Waals surface area contributed by atoms with E-state index < -0.39 is 6.04 Å². The smallest absolute Gasteiger partial charge is 0.237 e. The van der Waals surface area contributed by atoms with Crippen LogP contribution in [0.3, 0.4) is 0 Å². The second-order valence-electron chi connectivity index (χ2n) is 7.40. The van der Waals surface area contributed by atoms with E-state index in [1.54, 1.807) is 0 Å². The number of amides is 1. The van der Waals surface area contributed by atoms with Crippen LogP contribution >= 0.6 is 0 Å². The lowest BCUT2D eigenvalue weighted by Gasteiger charge is -2.48. The van der Waals surface area contributed by atoms with Crippen LogP contribution in [0.2, 0.25) is 0 Å². The van der Waals surface area contributed by atoms with Crippen LogP contribution in [0.4, 0.5) is 0 Å². The summed E-state index contributed by atoms with van der Waals surface area (Å²) >= 11 is 0. The van der Waals surface area contributed by atoms with Crippen LogP contribution in [0.15, 0.2) is 30.3 Å². The molecule has 5 nitrogen and oxygen atoms in total. The first-order chi connectivity index (χ1) is 12.2. The zero-order valence-corrected chi connectivity index (χ0v) is 15.1. The highest BCUT2D eigenvalue weighted by molar-refractivity contribution is 5.81. The number of benzene rings is 1. The first kappa shape index (κ1) is 18.4. The molecule has 0 aliphatic carbocycles. The summed E-state index contributed by atoms with van der Waals surface area (Å²) in [4.78, 5) is 15.1. The third-order valence-corrected chi connectivity index (χ3v) is 5.68. The highest BCUT2D eigenvalue weighted by atomic mass is 16.5. The molecule has 1 unspecified atom stereocenters. The first-order valence-electron chi connectivity index (χ1n) is 9.60. The van der Waals surface area contributed by atoms with Gasteiger partial charge in [-0.3, -0.25) is 9.69 Å². The molecule has 2 aliphatic heterocycles. The van der Waals surface area contributed by atoms with Gasteiger partial charge in [-0.2, -0.15) is 0 Å². The molecule has 2 saturated heterocycles. The van der Waals surface area contributed by atoms with Gasteiger partial charge in [0.2, 0.25) is 5.91 Å². The summed E-state index contributed by atoms with van der Waals surface area (Å²) in [5, 5.41) is 3.15. The summed E-state index contributed by atoms with van der Waals surface area (Å²) in [7, 11) is 0. The molecule has 3 rings (SSSR count). The van der Waals surface area contributed by atoms with Crippen molar-refractivity contribution in [2.24, 2.45) is 5.73 Å². The van der Waals surface area contributed by atoms with E-state index in [2.05, 4.69) is 10.2 Å². The Hall–Kier alpha value is -1.43. The number of nitrogens with two attached hydrogens (primary N) is 1. The van der Waals surface area contributed by atoms with E-state index in [4.69, 9.17) is 10.5 Å². The molecule has 0 saturated carbocycles. The molecule has 5 heteroatoms. The Morgan fingerprint density at radius 1 is 1.16 bits per heavy atom. The molecule has 3 N–H and O–H groups in total. The van der Waals surface area contributed by atoms with E-state index >= 15 is 0 Å². The topological polar surface area (TPSA) is 67.6 Å². The molecule has 2 fully saturated rings. The number of nitrogens with one attached hydrogen (secondary N) is 1. The van der Waals surface area contributed by atoms with Crippen molar-refractivity contribution >= 4 is 5.91 Å². The Morgan fingerprint density at radius 2 is 1.84 bits per heavy atom. The third kappa shape index (κ3) is 4.81. The summed E-state index contributed by atoms with van der Waals surface area (Å²) in [5.74, 6) is -0.0493. The van der Waals surface area contributed by atoms with E-state index in [9.17, 15) is 4.79 Å². The molecule has 138 valence electrons. The fourth-order valence-corrected chi connectivity index (χ4v) is 4.07. The van der Waals surface area contributed by atoms with Gasteiger partial charge >= 0.3 is 0 Å². The highest BCUT2D eigenvalue weighted by Gasteiger charge is 2.39. The number of carbonyl (C=O) groups is 1. The van der Waals surface area contributed by atoms with Crippen LogP contribution in [-0.2, 0) is 16.0 Å². The normalized spacial score (nSPS) is 22.3. The Bertz CT molecular complexity index is 537. The highest BCUT2D eigenvalue weighted by Crippen LogP contribution is 2.30. The average molecular weight is 345 g/mol. The van der Waals surface area contributed by atoms with Gasteiger partial charge in [0.25, 0.3) is 0 Å². The second-order valence-corrected chi connectivity index (χ2v) is 7.40. The number of carbonyl (C=O) groups excluding carboxylic acids is 1. The number of hydrogen-bond acceptors (Lipinski definition) is 4. The molecule has 0 aromatic heterocycles. The second kappa shape index (κ2) is 8.79. The molecule has 0 bridgehead atoms. The molecule has 1 atom stereocenters. The van der Waals surface area contributed by atoms with E-state index in [-0.39, 0.29) is 11.4 Å². The summed E-state index contributed by atoms with van der Waals surface area (Å²) < 4.78 is 5.58. The fraction of sp³-hybridized carbons (Fsp3) is 0.650. The van der Waals surface area contributed by atoms with Gasteiger partial charge in [0.1, 0.15) is 0 Å². The summed E-state index contributed by atoms with van der Waals surface area (Å²) in [6.07, 6.45) is 6.38. The number of hydrogen-bond donors (Lipinski definition) is 2. The van der Waals surface area contributed by atoms with E-state index in [0.29, 0.717) is 13.0 Å². The molecule has 2 heterocycles. The molecule has 2 aliphatic rings. The quantitative estimate of drug-likeness (QED) is 0.824. The minimum absolute atomic E-state index is 0.0425. The van der Waals surface area contributed by atoms with Crippen LogP contribution < -0.4 is 11.1 Å². The lowest BCUT2D eigenvalue weighted by Crippen LogP contribution is -2.60. The lowest BCUT2D eigenvalue weighted by atomic mass is 9.86. The molecule has 1 amide bonds. The molecular formula is C20H31N3O2. The Kier molecular flexibility index (Phi) is 6.45. The van der Waals surface area contributed by atoms with Gasteiger partial charge < -0.3 is 15.8 Å². The molecule has 1 aromatic carbocycles. The Balaban J connectivity index is 1.57. The maximum absolute atomic E-state index is 12.5. The zero-order chi connectivity index (χ0) is 17.5. The number of nitrogens with zero attached hydrogens (tertiary/aromatic N) is 1. The van der Waals surface area contributed by atoms with Gasteiger partial charge in [-0.1, -0.05) is 36.8 Å². The first-order valence-corrected chi connectivity index (χ1v) is 9.60. The van der Waals surface area contributed by atoms with E-state index in [1.807, 2.05) is 30.3 Å². The van der Waals surface area contributed by atoms with Crippen LogP contribution in [0.25, 0.3) is 0 Å². The van der Waals surface area contributed by atoms with Gasteiger partial charge in [0.15, 0.2) is 0 Å². The summed E-state index contributed by atoms with van der Waals surface area (Å²) in [6, 6.07) is 9.46. The molecule has 0 spiro atoms. The van der Waals surface area contributed by atoms with Crippen LogP contribution in [0.5, 0.6) is 0 Å². The largest absolute Gasteiger partial charge is 0.381 e. The van der Waals surface area contributed by atoms with Crippen molar-refractivity contribution in [3.63, 3.8) is 0 Å². The van der Waals surface area contributed by atoms with Crippen LogP contribution in [0.1, 0.15) is 37.7 Å². The Labute approximate surface area is 150 Å². The van der Waals surface area contributed by atoms with Gasteiger partial charge in [0.05, 0.1) is 6.04 Å². The third-order valence-electron chi connectivity index (χ3n) is 5.68. The van der Waals surface area contributed by atoms with Crippen LogP contribution in [0, 0.1) is 0 Å². The van der Waals surface area contributed by atoms with Gasteiger partial charge in [-0.05, 0) is 50.8 Å². The molecule has 0 radical (unpaired) electrons. The molecular weight excluding hydrogens is 314 g/mol. The number of likely N-dealkylation sites (tertiary alicyclic amines) is 1. The minimum atomic E-state index is -0.499. The molecule has 25 heavy (non-hydrogen) atoms. The maximum Gasteiger partial charge on any atom is 0.237 e. The monoisotopic (exact) mass is 345 g/mol. The van der Waals surface area contributed by atoms with Crippen LogP contribution in [-0.4, -0.2) is 55.2 Å². The van der Waals surface area contributed by atoms with Crippen molar-refractivity contribution in [2.75, 3.05) is 32.8 Å². The van der Waals surface area contributed by atoms with Gasteiger partial charge in [-0.25, -0.2) is 0 Å². The maximum atomic E-state index is 12.5. The predicted molar refractivity (Wildman–Crippen MR) is 99.3 cm³/mol. The van der Waals surface area contributed by atoms with E-state index in [0.717, 1.165) is 44.7 Å². The zero-order valence-electron chi connectivity index (χ0n) is 15.1. The number of piperidine rings is 1. The predicted octanol–water partition coefficient (Wildman–Crippen LogP) is 1.71. The number of rotatable bonds is 6. The van der Waals surface area contributed by atoms with Gasteiger partial charge in [0, 0.05) is 25.3 Å². The Morgan fingerprint density at radius 3 is 2.52 bits per heavy atom. The SMILES string of the molecule is NC(Cc1ccccc1)C(=O)NCC1(N2CCCCC2)CCOCC1. The summed E-state index contributed by atoms with van der Waals surface area (Å²) in [5.41, 5.74) is 7.28. The molecule has 1 aromatic rings. The minimum Gasteiger partial charge on any atom is -0.381 e.